The van der Waals surface area contributed by atoms with Gasteiger partial charge in [-0.2, -0.15) is 8.78 Å². The van der Waals surface area contributed by atoms with Crippen LogP contribution in [-0.4, -0.2) is 36.3 Å². The summed E-state index contributed by atoms with van der Waals surface area (Å²) in [5.41, 5.74) is 1.33. The molecule has 0 saturated heterocycles. The highest BCUT2D eigenvalue weighted by molar-refractivity contribution is 7.98. The molecule has 0 unspecified atom stereocenters. The second kappa shape index (κ2) is 10.4. The minimum Gasteiger partial charge on any atom is -0.459 e. The lowest BCUT2D eigenvalue weighted by Gasteiger charge is -2.10. The second-order valence-corrected chi connectivity index (χ2v) is 7.48. The van der Waals surface area contributed by atoms with Gasteiger partial charge in [-0.1, -0.05) is 23.7 Å². The fraction of sp³-hybridized carbons (Fsp3) is 0.190. The molecule has 6 nitrogen and oxygen atoms in total. The molecule has 0 radical (unpaired) electrons. The van der Waals surface area contributed by atoms with Gasteiger partial charge in [-0.05, 0) is 42.7 Å². The van der Waals surface area contributed by atoms with Crippen molar-refractivity contribution in [2.75, 3.05) is 12.8 Å². The molecule has 0 atom stereocenters. The quantitative estimate of drug-likeness (QED) is 0.295. The lowest BCUT2D eigenvalue weighted by Crippen LogP contribution is -2.30. The summed E-state index contributed by atoms with van der Waals surface area (Å²) < 4.78 is 34.0. The fourth-order valence-corrected chi connectivity index (χ4v) is 3.31. The molecule has 3 rings (SSSR count). The maximum absolute atomic E-state index is 12.3. The van der Waals surface area contributed by atoms with E-state index in [9.17, 15) is 18.4 Å². The van der Waals surface area contributed by atoms with Gasteiger partial charge in [0.2, 0.25) is 0 Å². The highest BCUT2D eigenvalue weighted by Gasteiger charge is 2.13. The summed E-state index contributed by atoms with van der Waals surface area (Å²) >= 11 is 7.79. The summed E-state index contributed by atoms with van der Waals surface area (Å²) in [6.07, 6.45) is 1.96. The Morgan fingerprint density at radius 2 is 2.00 bits per heavy atom. The number of halogens is 3. The largest absolute Gasteiger partial charge is 0.459 e. The predicted molar refractivity (Wildman–Crippen MR) is 114 cm³/mol. The molecule has 0 aliphatic carbocycles. The summed E-state index contributed by atoms with van der Waals surface area (Å²) in [5.74, 6) is -1.48. The van der Waals surface area contributed by atoms with Gasteiger partial charge in [0, 0.05) is 21.4 Å². The first kappa shape index (κ1) is 22.8. The third kappa shape index (κ3) is 6.28. The van der Waals surface area contributed by atoms with Crippen LogP contribution in [0.2, 0.25) is 5.15 Å². The van der Waals surface area contributed by atoms with Crippen LogP contribution in [0.1, 0.15) is 15.9 Å². The Kier molecular flexibility index (Phi) is 7.64. The van der Waals surface area contributed by atoms with Crippen molar-refractivity contribution < 1.29 is 27.8 Å². The van der Waals surface area contributed by atoms with Gasteiger partial charge in [0.1, 0.15) is 24.1 Å². The number of pyridine rings is 1. The van der Waals surface area contributed by atoms with Crippen molar-refractivity contribution in [1.29, 1.82) is 0 Å². The molecule has 31 heavy (non-hydrogen) atoms. The zero-order valence-electron chi connectivity index (χ0n) is 16.2. The number of thioether (sulfide) groups is 1. The summed E-state index contributed by atoms with van der Waals surface area (Å²) in [5, 5.41) is 3.44. The smallest absolute Gasteiger partial charge is 0.387 e. The molecule has 3 aromatic rings. The highest BCUT2D eigenvalue weighted by Crippen LogP contribution is 2.25. The van der Waals surface area contributed by atoms with Gasteiger partial charge < -0.3 is 14.8 Å². The molecular formula is C21H17ClF2N2O4S. The van der Waals surface area contributed by atoms with E-state index in [2.05, 4.69) is 15.0 Å². The van der Waals surface area contributed by atoms with Crippen LogP contribution in [-0.2, 0) is 16.1 Å². The lowest BCUT2D eigenvalue weighted by molar-refractivity contribution is -0.143. The molecule has 162 valence electrons. The summed E-state index contributed by atoms with van der Waals surface area (Å²) in [6, 6.07) is 12.8. The molecule has 0 aliphatic rings. The number of benzene rings is 2. The number of carbonyl (C=O) groups is 2. The maximum atomic E-state index is 12.3. The number of nitrogens with one attached hydrogen (secondary N) is 1. The number of rotatable bonds is 8. The Morgan fingerprint density at radius 1 is 1.19 bits per heavy atom. The average Bonchev–Trinajstić information content (AvgIpc) is 2.75. The number of hydrogen-bond acceptors (Lipinski definition) is 6. The molecule has 0 aliphatic heterocycles. The maximum Gasteiger partial charge on any atom is 0.387 e. The van der Waals surface area contributed by atoms with Crippen LogP contribution in [0.15, 0.2) is 53.4 Å². The summed E-state index contributed by atoms with van der Waals surface area (Å²) in [4.78, 5) is 29.5. The lowest BCUT2D eigenvalue weighted by atomic mass is 10.2. The number of hydrogen-bond donors (Lipinski definition) is 1. The first-order chi connectivity index (χ1) is 14.9. The van der Waals surface area contributed by atoms with Crippen molar-refractivity contribution >= 4 is 46.1 Å². The topological polar surface area (TPSA) is 77.5 Å². The van der Waals surface area contributed by atoms with Crippen LogP contribution in [0.5, 0.6) is 5.75 Å². The minimum atomic E-state index is -3.00. The van der Waals surface area contributed by atoms with Crippen LogP contribution in [0, 0.1) is 0 Å². The van der Waals surface area contributed by atoms with Crippen LogP contribution in [0.3, 0.4) is 0 Å². The van der Waals surface area contributed by atoms with Gasteiger partial charge in [-0.3, -0.25) is 9.59 Å². The molecule has 1 heterocycles. The van der Waals surface area contributed by atoms with Crippen molar-refractivity contribution in [3.63, 3.8) is 0 Å². The number of alkyl halides is 2. The van der Waals surface area contributed by atoms with Gasteiger partial charge in [0.15, 0.2) is 0 Å². The minimum absolute atomic E-state index is 0.0670. The third-order valence-corrected chi connectivity index (χ3v) is 5.21. The van der Waals surface area contributed by atoms with Crippen molar-refractivity contribution in [2.45, 2.75) is 18.1 Å². The number of ether oxygens (including phenoxy) is 2. The predicted octanol–water partition coefficient (Wildman–Crippen LogP) is 4.68. The molecule has 0 saturated carbocycles. The number of fused-ring (bicyclic) bond motifs is 1. The normalized spacial score (nSPS) is 10.9. The molecular weight excluding hydrogens is 450 g/mol. The Bertz CT molecular complexity index is 1110. The molecule has 1 amide bonds. The van der Waals surface area contributed by atoms with E-state index in [0.717, 1.165) is 21.9 Å². The number of carbonyl (C=O) groups excluding carboxylic acids is 2. The average molecular weight is 467 g/mol. The number of nitrogens with zero attached hydrogens (tertiary/aromatic N) is 1. The Labute approximate surface area is 185 Å². The standard InChI is InChI=1S/C21H17ClF2N2O4S/c1-31-16-6-5-12-7-14(19(22)26-17(12)9-16)11-29-18(27)10-25-20(28)13-3-2-4-15(8-13)30-21(23)24/h2-9,21H,10-11H2,1H3,(H,25,28). The van der Waals surface area contributed by atoms with E-state index in [1.807, 2.05) is 24.5 Å². The molecule has 10 heteroatoms. The van der Waals surface area contributed by atoms with Gasteiger partial charge in [-0.25, -0.2) is 4.98 Å². The van der Waals surface area contributed by atoms with E-state index in [4.69, 9.17) is 16.3 Å². The molecule has 2 aromatic carbocycles. The van der Waals surface area contributed by atoms with E-state index in [1.165, 1.54) is 18.2 Å². The van der Waals surface area contributed by atoms with Crippen molar-refractivity contribution in [1.82, 2.24) is 10.3 Å². The molecule has 1 N–H and O–H groups in total. The van der Waals surface area contributed by atoms with Crippen LogP contribution >= 0.6 is 23.4 Å². The Balaban J connectivity index is 1.55. The number of amides is 1. The van der Waals surface area contributed by atoms with Crippen LogP contribution in [0.25, 0.3) is 10.9 Å². The van der Waals surface area contributed by atoms with E-state index < -0.39 is 25.0 Å². The molecule has 1 aromatic heterocycles. The summed E-state index contributed by atoms with van der Waals surface area (Å²) in [7, 11) is 0. The molecule has 0 spiro atoms. The Hall–Kier alpha value is -2.91. The van der Waals surface area contributed by atoms with E-state index in [-0.39, 0.29) is 23.1 Å². The van der Waals surface area contributed by atoms with E-state index in [0.29, 0.717) is 5.56 Å². The zero-order valence-corrected chi connectivity index (χ0v) is 17.8. The summed E-state index contributed by atoms with van der Waals surface area (Å²) in [6.45, 7) is -3.52. The Morgan fingerprint density at radius 3 is 2.74 bits per heavy atom. The highest BCUT2D eigenvalue weighted by atomic mass is 35.5. The number of aromatic nitrogens is 1. The van der Waals surface area contributed by atoms with Gasteiger partial charge >= 0.3 is 12.6 Å². The zero-order chi connectivity index (χ0) is 22.4. The van der Waals surface area contributed by atoms with Crippen LogP contribution < -0.4 is 10.1 Å². The van der Waals surface area contributed by atoms with Crippen molar-refractivity contribution in [3.05, 3.63) is 64.8 Å². The van der Waals surface area contributed by atoms with E-state index >= 15 is 0 Å². The monoisotopic (exact) mass is 466 g/mol. The van der Waals surface area contributed by atoms with Crippen molar-refractivity contribution in [3.8, 4) is 5.75 Å². The van der Waals surface area contributed by atoms with Gasteiger partial charge in [0.05, 0.1) is 5.52 Å². The first-order valence-electron chi connectivity index (χ1n) is 8.97. The van der Waals surface area contributed by atoms with Crippen molar-refractivity contribution in [2.24, 2.45) is 0 Å². The van der Waals surface area contributed by atoms with Crippen LogP contribution in [0.4, 0.5) is 8.78 Å². The fourth-order valence-electron chi connectivity index (χ4n) is 2.67. The van der Waals surface area contributed by atoms with Gasteiger partial charge in [0.25, 0.3) is 5.91 Å². The molecule has 0 fully saturated rings. The molecule has 0 bridgehead atoms. The first-order valence-corrected chi connectivity index (χ1v) is 10.6. The number of esters is 1. The van der Waals surface area contributed by atoms with Gasteiger partial charge in [-0.15, -0.1) is 11.8 Å². The third-order valence-electron chi connectivity index (χ3n) is 4.15. The second-order valence-electron chi connectivity index (χ2n) is 6.25. The van der Waals surface area contributed by atoms with E-state index in [1.54, 1.807) is 17.8 Å². The SMILES string of the molecule is CSc1ccc2cc(COC(=O)CNC(=O)c3cccc(OC(F)F)c3)c(Cl)nc2c1.